The first-order valence-electron chi connectivity index (χ1n) is 8.78. The molecule has 3 rings (SSSR count). The molecular formula is C19H17B3Cl2O5. The minimum absolute atomic E-state index is 0.450. The first kappa shape index (κ1) is 21.8. The van der Waals surface area contributed by atoms with Crippen molar-refractivity contribution in [2.75, 3.05) is 7.11 Å². The van der Waals surface area contributed by atoms with Crippen LogP contribution in [0.4, 0.5) is 0 Å². The highest BCUT2D eigenvalue weighted by Gasteiger charge is 2.33. The molecule has 0 bridgehead atoms. The third kappa shape index (κ3) is 6.03. The van der Waals surface area contributed by atoms with Crippen LogP contribution >= 0.6 is 23.2 Å². The van der Waals surface area contributed by atoms with Crippen molar-refractivity contribution in [3.63, 3.8) is 0 Å². The van der Waals surface area contributed by atoms with Gasteiger partial charge in [-0.25, -0.2) is 0 Å². The number of hydrogen-bond donors (Lipinski definition) is 2. The topological polar surface area (TPSA) is 68.2 Å². The molecule has 2 N–H and O–H groups in total. The van der Waals surface area contributed by atoms with Crippen LogP contribution in [0.2, 0.25) is 10.0 Å². The zero-order valence-electron chi connectivity index (χ0n) is 15.5. The first-order valence-corrected chi connectivity index (χ1v) is 9.54. The molecule has 146 valence electrons. The predicted octanol–water partition coefficient (Wildman–Crippen LogP) is 1.51. The lowest BCUT2D eigenvalue weighted by Crippen LogP contribution is -2.51. The molecule has 29 heavy (non-hydrogen) atoms. The molecule has 0 aliphatic heterocycles. The smallest absolute Gasteiger partial charge is 0.477 e. The Kier molecular flexibility index (Phi) is 7.67. The molecule has 0 heterocycles. The van der Waals surface area contributed by atoms with Gasteiger partial charge in [0.05, 0.1) is 7.11 Å². The molecule has 0 aliphatic rings. The molecule has 0 spiro atoms. The van der Waals surface area contributed by atoms with E-state index in [0.29, 0.717) is 32.2 Å². The summed E-state index contributed by atoms with van der Waals surface area (Å²) in [6, 6.07) is 20.3. The van der Waals surface area contributed by atoms with E-state index in [9.17, 15) is 10.0 Å². The fourth-order valence-electron chi connectivity index (χ4n) is 2.69. The van der Waals surface area contributed by atoms with Crippen LogP contribution < -0.4 is 21.1 Å². The van der Waals surface area contributed by atoms with Crippen molar-refractivity contribution >= 4 is 60.9 Å². The van der Waals surface area contributed by atoms with Gasteiger partial charge < -0.3 is 23.9 Å². The van der Waals surface area contributed by atoms with E-state index < -0.39 is 21.4 Å². The minimum Gasteiger partial charge on any atom is -0.497 e. The molecule has 3 aromatic rings. The molecule has 0 amide bonds. The molecule has 5 nitrogen and oxygen atoms in total. The van der Waals surface area contributed by atoms with E-state index in [1.807, 2.05) is 0 Å². The Morgan fingerprint density at radius 2 is 1.17 bits per heavy atom. The third-order valence-electron chi connectivity index (χ3n) is 4.14. The van der Waals surface area contributed by atoms with Gasteiger partial charge in [0.25, 0.3) is 0 Å². The fourth-order valence-corrected chi connectivity index (χ4v) is 3.09. The molecule has 0 aromatic heterocycles. The second kappa shape index (κ2) is 10.2. The average molecular weight is 429 g/mol. The van der Waals surface area contributed by atoms with Crippen LogP contribution in [-0.2, 0) is 9.14 Å². The van der Waals surface area contributed by atoms with E-state index in [4.69, 9.17) is 37.1 Å². The van der Waals surface area contributed by atoms with Gasteiger partial charge in [-0.2, -0.15) is 0 Å². The Labute approximate surface area is 180 Å². The summed E-state index contributed by atoms with van der Waals surface area (Å²) in [4.78, 5) is 0. The second-order valence-electron chi connectivity index (χ2n) is 6.20. The van der Waals surface area contributed by atoms with Crippen molar-refractivity contribution in [3.05, 3.63) is 82.8 Å². The van der Waals surface area contributed by atoms with Crippen molar-refractivity contribution < 1.29 is 23.9 Å². The number of ether oxygens (including phenoxy) is 1. The monoisotopic (exact) mass is 428 g/mol. The zero-order chi connectivity index (χ0) is 20.8. The zero-order valence-corrected chi connectivity index (χ0v) is 17.0. The standard InChI is InChI=1S/C19H17B3Cl2O5/c1-27-19-10-4-7-16(13-19)22(28-20(25)14-5-2-8-17(23)11-14)29-21(26)15-6-3-9-18(24)12-15/h2-13,25-26H,1H3. The van der Waals surface area contributed by atoms with Crippen LogP contribution in [0.3, 0.4) is 0 Å². The Bertz CT molecular complexity index is 909. The molecule has 3 aromatic carbocycles. The van der Waals surface area contributed by atoms with Gasteiger partial charge in [-0.15, -0.1) is 0 Å². The van der Waals surface area contributed by atoms with E-state index in [-0.39, 0.29) is 0 Å². The van der Waals surface area contributed by atoms with Crippen molar-refractivity contribution in [1.29, 1.82) is 0 Å². The fraction of sp³-hybridized carbons (Fsp3) is 0.0526. The minimum atomic E-state index is -1.34. The Hall–Kier alpha value is -1.93. The molecule has 0 saturated carbocycles. The highest BCUT2D eigenvalue weighted by atomic mass is 35.5. The maximum absolute atomic E-state index is 10.5. The average Bonchev–Trinajstić information content (AvgIpc) is 2.73. The summed E-state index contributed by atoms with van der Waals surface area (Å²) in [6.07, 6.45) is 0. The van der Waals surface area contributed by atoms with Gasteiger partial charge >= 0.3 is 21.4 Å². The van der Waals surface area contributed by atoms with E-state index in [0.717, 1.165) is 0 Å². The van der Waals surface area contributed by atoms with Gasteiger partial charge in [-0.05, 0) is 52.8 Å². The van der Waals surface area contributed by atoms with E-state index in [1.165, 1.54) is 7.11 Å². The number of hydrogen-bond acceptors (Lipinski definition) is 5. The van der Waals surface area contributed by atoms with Gasteiger partial charge in [0, 0.05) is 10.0 Å². The summed E-state index contributed by atoms with van der Waals surface area (Å²) >= 11 is 12.0. The van der Waals surface area contributed by atoms with E-state index in [1.54, 1.807) is 72.8 Å². The van der Waals surface area contributed by atoms with Gasteiger partial charge in [0.1, 0.15) is 5.75 Å². The maximum atomic E-state index is 10.5. The van der Waals surface area contributed by atoms with Crippen LogP contribution in [0, 0.1) is 0 Å². The lowest BCUT2D eigenvalue weighted by molar-refractivity contribution is 0.356. The molecule has 0 aliphatic carbocycles. The summed E-state index contributed by atoms with van der Waals surface area (Å²) in [7, 11) is -2.24. The van der Waals surface area contributed by atoms with Crippen LogP contribution in [0.25, 0.3) is 0 Å². The molecule has 0 saturated heterocycles. The van der Waals surface area contributed by atoms with Crippen molar-refractivity contribution in [2.45, 2.75) is 0 Å². The number of halogens is 2. The SMILES string of the molecule is COc1cccc(B(OB(O)c2cccc(Cl)c2)OB(O)c2cccc(Cl)c2)c1. The molecule has 10 heteroatoms. The van der Waals surface area contributed by atoms with Gasteiger partial charge in [-0.1, -0.05) is 59.6 Å². The Balaban J connectivity index is 1.86. The summed E-state index contributed by atoms with van der Waals surface area (Å²) in [5.74, 6) is 0.578. The molecule has 0 radical (unpaired) electrons. The predicted molar refractivity (Wildman–Crippen MR) is 119 cm³/mol. The summed E-state index contributed by atoms with van der Waals surface area (Å²) in [5, 5.41) is 22.0. The first-order chi connectivity index (χ1) is 14.0. The normalized spacial score (nSPS) is 10.5. The number of rotatable bonds is 8. The molecular weight excluding hydrogens is 412 g/mol. The largest absolute Gasteiger partial charge is 0.497 e. The van der Waals surface area contributed by atoms with Crippen LogP contribution in [0.15, 0.2) is 72.8 Å². The van der Waals surface area contributed by atoms with Gasteiger partial charge in [-0.3, -0.25) is 0 Å². The van der Waals surface area contributed by atoms with Crippen molar-refractivity contribution in [3.8, 4) is 5.75 Å². The van der Waals surface area contributed by atoms with Crippen molar-refractivity contribution in [2.24, 2.45) is 0 Å². The van der Waals surface area contributed by atoms with Crippen LogP contribution in [0.5, 0.6) is 5.75 Å². The number of benzene rings is 3. The van der Waals surface area contributed by atoms with Crippen molar-refractivity contribution in [1.82, 2.24) is 0 Å². The lowest BCUT2D eigenvalue weighted by Gasteiger charge is -2.20. The second-order valence-corrected chi connectivity index (χ2v) is 7.07. The molecule has 0 atom stereocenters. The molecule has 0 fully saturated rings. The summed E-state index contributed by atoms with van der Waals surface area (Å²) in [6.45, 7) is 0. The van der Waals surface area contributed by atoms with E-state index >= 15 is 0 Å². The van der Waals surface area contributed by atoms with Gasteiger partial charge in [0.2, 0.25) is 0 Å². The highest BCUT2D eigenvalue weighted by molar-refractivity contribution is 6.79. The number of methoxy groups -OCH3 is 1. The third-order valence-corrected chi connectivity index (χ3v) is 4.61. The van der Waals surface area contributed by atoms with E-state index in [2.05, 4.69) is 0 Å². The highest BCUT2D eigenvalue weighted by Crippen LogP contribution is 2.10. The summed E-state index contributed by atoms with van der Waals surface area (Å²) < 4.78 is 16.7. The Morgan fingerprint density at radius 1 is 0.690 bits per heavy atom. The van der Waals surface area contributed by atoms with Gasteiger partial charge in [0.15, 0.2) is 0 Å². The summed E-state index contributed by atoms with van der Waals surface area (Å²) in [5.41, 5.74) is 1.45. The lowest BCUT2D eigenvalue weighted by atomic mass is 9.67. The maximum Gasteiger partial charge on any atom is 0.477 e. The van der Waals surface area contributed by atoms with Crippen LogP contribution in [0.1, 0.15) is 0 Å². The quantitative estimate of drug-likeness (QED) is 0.532. The molecule has 0 unspecified atom stereocenters. The Morgan fingerprint density at radius 3 is 1.66 bits per heavy atom. The van der Waals surface area contributed by atoms with Crippen LogP contribution in [-0.4, -0.2) is 38.5 Å².